The van der Waals surface area contributed by atoms with Crippen molar-refractivity contribution in [1.29, 1.82) is 0 Å². The van der Waals surface area contributed by atoms with Crippen LogP contribution in [0.2, 0.25) is 0 Å². The molecule has 0 aliphatic carbocycles. The van der Waals surface area contributed by atoms with Crippen LogP contribution >= 0.6 is 0 Å². The molecule has 1 aromatic carbocycles. The maximum atomic E-state index is 13.4. The average Bonchev–Trinajstić information content (AvgIpc) is 2.92. The summed E-state index contributed by atoms with van der Waals surface area (Å²) in [5.74, 6) is 0.601. The lowest BCUT2D eigenvalue weighted by molar-refractivity contribution is -0.137. The van der Waals surface area contributed by atoms with Gasteiger partial charge in [0.15, 0.2) is 17.5 Å². The molecule has 0 saturated carbocycles. The zero-order chi connectivity index (χ0) is 26.9. The normalized spacial score (nSPS) is 17.6. The average molecular weight is 531 g/mol. The topological polar surface area (TPSA) is 137 Å². The number of hydrogen-bond donors (Lipinski definition) is 3. The molecule has 0 unspecified atom stereocenters. The summed E-state index contributed by atoms with van der Waals surface area (Å²) in [7, 11) is 0. The van der Waals surface area contributed by atoms with Gasteiger partial charge in [0.05, 0.1) is 42.5 Å². The fourth-order valence-electron chi connectivity index (χ4n) is 4.42. The summed E-state index contributed by atoms with van der Waals surface area (Å²) in [6.45, 7) is 0.686. The number of nitrogens with one attached hydrogen (secondary N) is 1. The Morgan fingerprint density at radius 3 is 2.79 bits per heavy atom. The maximum absolute atomic E-state index is 13.4. The SMILES string of the molecule is O=C(Nc1cnc(OC[C@@H](O)CO)cn1)N1c2nc(-c3cccc(C(F)(F)F)c3)ncc2N2CCC[C@H]1C2. The predicted octanol–water partition coefficient (Wildman–Crippen LogP) is 2.71. The fraction of sp³-hybridized carbons (Fsp3) is 0.375. The number of aromatic nitrogens is 4. The second-order valence-corrected chi connectivity index (χ2v) is 8.91. The second-order valence-electron chi connectivity index (χ2n) is 8.91. The van der Waals surface area contributed by atoms with E-state index >= 15 is 0 Å². The van der Waals surface area contributed by atoms with Crippen LogP contribution < -0.4 is 19.9 Å². The Balaban J connectivity index is 1.41. The van der Waals surface area contributed by atoms with Crippen molar-refractivity contribution in [2.75, 3.05) is 41.4 Å². The molecule has 14 heteroatoms. The van der Waals surface area contributed by atoms with Crippen LogP contribution in [0, 0.1) is 0 Å². The number of fused-ring (bicyclic) bond motifs is 4. The highest BCUT2D eigenvalue weighted by Crippen LogP contribution is 2.39. The fourth-order valence-corrected chi connectivity index (χ4v) is 4.42. The number of urea groups is 1. The van der Waals surface area contributed by atoms with Gasteiger partial charge < -0.3 is 19.8 Å². The Bertz CT molecular complexity index is 1310. The van der Waals surface area contributed by atoms with Crippen molar-refractivity contribution in [1.82, 2.24) is 19.9 Å². The van der Waals surface area contributed by atoms with Crippen molar-refractivity contribution in [3.63, 3.8) is 0 Å². The smallest absolute Gasteiger partial charge is 0.416 e. The number of ether oxygens (including phenoxy) is 1. The molecule has 2 amide bonds. The lowest BCUT2D eigenvalue weighted by atomic mass is 10.0. The molecule has 38 heavy (non-hydrogen) atoms. The summed E-state index contributed by atoms with van der Waals surface area (Å²) in [5, 5.41) is 20.9. The third-order valence-corrected chi connectivity index (χ3v) is 6.24. The van der Waals surface area contributed by atoms with Crippen LogP contribution in [0.5, 0.6) is 5.88 Å². The number of benzene rings is 1. The minimum atomic E-state index is -4.51. The highest BCUT2D eigenvalue weighted by molar-refractivity contribution is 6.04. The van der Waals surface area contributed by atoms with E-state index in [1.807, 2.05) is 0 Å². The van der Waals surface area contributed by atoms with Gasteiger partial charge in [0.25, 0.3) is 0 Å². The monoisotopic (exact) mass is 531 g/mol. The van der Waals surface area contributed by atoms with Crippen LogP contribution in [0.25, 0.3) is 11.4 Å². The van der Waals surface area contributed by atoms with Crippen LogP contribution in [0.1, 0.15) is 18.4 Å². The Kier molecular flexibility index (Phi) is 6.99. The highest BCUT2D eigenvalue weighted by atomic mass is 19.4. The van der Waals surface area contributed by atoms with Crippen molar-refractivity contribution >= 4 is 23.4 Å². The van der Waals surface area contributed by atoms with E-state index in [0.717, 1.165) is 31.5 Å². The summed E-state index contributed by atoms with van der Waals surface area (Å²) in [5.41, 5.74) is -0.0194. The van der Waals surface area contributed by atoms with Crippen molar-refractivity contribution in [2.45, 2.75) is 31.2 Å². The van der Waals surface area contributed by atoms with Crippen LogP contribution in [0.4, 0.5) is 35.3 Å². The van der Waals surface area contributed by atoms with Gasteiger partial charge in [-0.3, -0.25) is 10.2 Å². The number of aliphatic hydroxyl groups excluding tert-OH is 2. The third kappa shape index (κ3) is 5.31. The van der Waals surface area contributed by atoms with Crippen molar-refractivity contribution in [2.24, 2.45) is 0 Å². The summed E-state index contributed by atoms with van der Waals surface area (Å²) in [6.07, 6.45) is 0.0662. The molecule has 1 fully saturated rings. The third-order valence-electron chi connectivity index (χ3n) is 6.24. The van der Waals surface area contributed by atoms with Gasteiger partial charge in [-0.1, -0.05) is 12.1 Å². The minimum Gasteiger partial charge on any atom is -0.474 e. The summed E-state index contributed by atoms with van der Waals surface area (Å²) < 4.78 is 45.0. The quantitative estimate of drug-likeness (QED) is 0.439. The van der Waals surface area contributed by atoms with Crippen molar-refractivity contribution in [3.05, 3.63) is 48.4 Å². The largest absolute Gasteiger partial charge is 0.474 e. The highest BCUT2D eigenvalue weighted by Gasteiger charge is 2.39. The van der Waals surface area contributed by atoms with E-state index < -0.39 is 30.5 Å². The Hall–Kier alpha value is -4.04. The summed E-state index contributed by atoms with van der Waals surface area (Å²) >= 11 is 0. The molecule has 3 aromatic rings. The van der Waals surface area contributed by atoms with Crippen LogP contribution in [-0.2, 0) is 6.18 Å². The molecule has 2 aromatic heterocycles. The number of rotatable bonds is 6. The minimum absolute atomic E-state index is 0.0696. The van der Waals surface area contributed by atoms with E-state index in [0.29, 0.717) is 18.1 Å². The molecule has 4 heterocycles. The standard InChI is InChI=1S/C24H24F3N7O4/c25-24(26,27)15-4-1-3-14(7-15)21-30-8-18-22(32-21)34(16-5-2-6-33(18)11-16)23(37)31-19-9-29-20(10-28-19)38-13-17(36)12-35/h1,3-4,7-10,16-17,35-36H,2,5-6,11-13H2,(H,28,31,37)/t16-,17-/m0/s1. The maximum Gasteiger partial charge on any atom is 0.416 e. The van der Waals surface area contributed by atoms with Crippen molar-refractivity contribution < 1.29 is 32.9 Å². The first-order valence-corrected chi connectivity index (χ1v) is 11.9. The number of anilines is 3. The number of nitrogens with zero attached hydrogens (tertiary/aromatic N) is 6. The number of carbonyl (C=O) groups excluding carboxylic acids is 1. The van der Waals surface area contributed by atoms with E-state index in [4.69, 9.17) is 9.84 Å². The molecule has 5 rings (SSSR count). The van der Waals surface area contributed by atoms with Gasteiger partial charge in [-0.05, 0) is 25.0 Å². The Labute approximate surface area is 214 Å². The first-order chi connectivity index (χ1) is 18.2. The molecule has 2 atom stereocenters. The molecule has 11 nitrogen and oxygen atoms in total. The Morgan fingerprint density at radius 2 is 2.05 bits per heavy atom. The van der Waals surface area contributed by atoms with Gasteiger partial charge in [-0.15, -0.1) is 0 Å². The second kappa shape index (κ2) is 10.4. The number of alkyl halides is 3. The zero-order valence-electron chi connectivity index (χ0n) is 20.0. The number of aliphatic hydroxyl groups is 2. The van der Waals surface area contributed by atoms with E-state index in [9.17, 15) is 23.1 Å². The molecule has 2 aliphatic rings. The van der Waals surface area contributed by atoms with Gasteiger partial charge >= 0.3 is 12.2 Å². The number of amides is 2. The molecule has 2 bridgehead atoms. The molecule has 1 saturated heterocycles. The molecule has 2 aliphatic heterocycles. The lowest BCUT2D eigenvalue weighted by Gasteiger charge is -2.45. The number of piperidine rings is 1. The van der Waals surface area contributed by atoms with E-state index in [1.54, 1.807) is 0 Å². The predicted molar refractivity (Wildman–Crippen MR) is 130 cm³/mol. The van der Waals surface area contributed by atoms with E-state index in [1.165, 1.54) is 35.6 Å². The molecule has 0 radical (unpaired) electrons. The van der Waals surface area contributed by atoms with Crippen LogP contribution in [0.3, 0.4) is 0 Å². The summed E-state index contributed by atoms with van der Waals surface area (Å²) in [6, 6.07) is 4.00. The van der Waals surface area contributed by atoms with E-state index in [2.05, 4.69) is 30.2 Å². The zero-order valence-corrected chi connectivity index (χ0v) is 20.0. The molecular formula is C24H24F3N7O4. The van der Waals surface area contributed by atoms with Gasteiger partial charge in [0.1, 0.15) is 12.7 Å². The lowest BCUT2D eigenvalue weighted by Crippen LogP contribution is -2.56. The van der Waals surface area contributed by atoms with Crippen molar-refractivity contribution in [3.8, 4) is 17.3 Å². The van der Waals surface area contributed by atoms with Gasteiger partial charge in [0.2, 0.25) is 5.88 Å². The number of hydrogen-bond acceptors (Lipinski definition) is 9. The number of halogens is 3. The molecule has 3 N–H and O–H groups in total. The van der Waals surface area contributed by atoms with Crippen LogP contribution in [-0.4, -0.2) is 74.6 Å². The van der Waals surface area contributed by atoms with Gasteiger partial charge in [-0.25, -0.2) is 24.7 Å². The summed E-state index contributed by atoms with van der Waals surface area (Å²) in [4.78, 5) is 34.0. The van der Waals surface area contributed by atoms with E-state index in [-0.39, 0.29) is 35.7 Å². The number of carbonyl (C=O) groups is 1. The van der Waals surface area contributed by atoms with Crippen LogP contribution in [0.15, 0.2) is 42.9 Å². The van der Waals surface area contributed by atoms with Gasteiger partial charge in [-0.2, -0.15) is 13.2 Å². The molecular weight excluding hydrogens is 507 g/mol. The first kappa shape index (κ1) is 25.6. The molecule has 0 spiro atoms. The Morgan fingerprint density at radius 1 is 1.21 bits per heavy atom. The molecule has 200 valence electrons. The van der Waals surface area contributed by atoms with Gasteiger partial charge in [0, 0.05) is 18.7 Å². The first-order valence-electron chi connectivity index (χ1n) is 11.9.